The van der Waals surface area contributed by atoms with Crippen molar-refractivity contribution in [2.75, 3.05) is 0 Å². The maximum absolute atomic E-state index is 2.25. The van der Waals surface area contributed by atoms with E-state index in [2.05, 4.69) is 64.1 Å². The summed E-state index contributed by atoms with van der Waals surface area (Å²) in [5.41, 5.74) is 2.96. The molecule has 0 amide bonds. The molecule has 84 valence electrons. The van der Waals surface area contributed by atoms with Crippen LogP contribution in [-0.2, 0) is 5.41 Å². The highest BCUT2D eigenvalue weighted by molar-refractivity contribution is 7.15. The van der Waals surface area contributed by atoms with E-state index < -0.39 is 0 Å². The van der Waals surface area contributed by atoms with Crippen LogP contribution in [0.2, 0.25) is 0 Å². The summed E-state index contributed by atoms with van der Waals surface area (Å²) >= 11 is 1.85. The Hall–Kier alpha value is -1.08. The zero-order valence-electron chi connectivity index (χ0n) is 10.4. The lowest BCUT2D eigenvalue weighted by atomic mass is 9.86. The van der Waals surface area contributed by atoms with Crippen molar-refractivity contribution in [3.05, 3.63) is 46.8 Å². The van der Waals surface area contributed by atoms with E-state index in [1.54, 1.807) is 0 Å². The number of rotatable bonds is 1. The fourth-order valence-corrected chi connectivity index (χ4v) is 2.60. The fraction of sp³-hybridized carbons (Fsp3) is 0.333. The highest BCUT2D eigenvalue weighted by atomic mass is 32.1. The van der Waals surface area contributed by atoms with E-state index in [9.17, 15) is 0 Å². The minimum Gasteiger partial charge on any atom is -0.141 e. The molecule has 0 saturated carbocycles. The molecule has 2 rings (SSSR count). The average Bonchev–Trinajstić information content (AvgIpc) is 2.64. The predicted octanol–water partition coefficient (Wildman–Crippen LogP) is 5.02. The van der Waals surface area contributed by atoms with E-state index in [0.717, 1.165) is 0 Å². The van der Waals surface area contributed by atoms with Gasteiger partial charge in [-0.2, -0.15) is 0 Å². The molecule has 0 spiro atoms. The smallest absolute Gasteiger partial charge is 0.0345 e. The Kier molecular flexibility index (Phi) is 2.90. The Morgan fingerprint density at radius 2 is 1.50 bits per heavy atom. The Bertz CT molecular complexity index is 469. The van der Waals surface area contributed by atoms with Crippen LogP contribution in [-0.4, -0.2) is 0 Å². The quantitative estimate of drug-likeness (QED) is 0.645. The lowest BCUT2D eigenvalue weighted by Crippen LogP contribution is -2.10. The average molecular weight is 230 g/mol. The van der Waals surface area contributed by atoms with Gasteiger partial charge in [-0.05, 0) is 35.6 Å². The molecule has 0 radical (unpaired) electrons. The van der Waals surface area contributed by atoms with Gasteiger partial charge in [-0.15, -0.1) is 11.3 Å². The monoisotopic (exact) mass is 230 g/mol. The molecule has 1 aromatic carbocycles. The van der Waals surface area contributed by atoms with Crippen molar-refractivity contribution in [2.24, 2.45) is 0 Å². The molecular formula is C15H18S. The SMILES string of the molecule is Cc1ccc(-c2ccc(C(C)(C)C)cc2)s1. The van der Waals surface area contributed by atoms with Crippen molar-refractivity contribution in [3.8, 4) is 10.4 Å². The molecule has 0 aliphatic carbocycles. The molecule has 0 nitrogen and oxygen atoms in total. The number of benzene rings is 1. The van der Waals surface area contributed by atoms with Gasteiger partial charge in [-0.25, -0.2) is 0 Å². The first kappa shape index (κ1) is 11.4. The van der Waals surface area contributed by atoms with Crippen molar-refractivity contribution in [3.63, 3.8) is 0 Å². The normalized spacial score (nSPS) is 11.8. The molecule has 0 fully saturated rings. The topological polar surface area (TPSA) is 0 Å². The van der Waals surface area contributed by atoms with Crippen LogP contribution < -0.4 is 0 Å². The van der Waals surface area contributed by atoms with Crippen LogP contribution in [0.4, 0.5) is 0 Å². The molecule has 1 aromatic heterocycles. The van der Waals surface area contributed by atoms with Gasteiger partial charge in [0, 0.05) is 9.75 Å². The first-order valence-corrected chi connectivity index (χ1v) is 6.46. The standard InChI is InChI=1S/C15H18S/c1-11-5-10-14(16-11)12-6-8-13(9-7-12)15(2,3)4/h5-10H,1-4H3. The zero-order chi connectivity index (χ0) is 11.8. The van der Waals surface area contributed by atoms with E-state index >= 15 is 0 Å². The highest BCUT2D eigenvalue weighted by Crippen LogP contribution is 2.30. The number of hydrogen-bond acceptors (Lipinski definition) is 1. The largest absolute Gasteiger partial charge is 0.141 e. The summed E-state index contributed by atoms with van der Waals surface area (Å²) in [6.45, 7) is 8.89. The molecular weight excluding hydrogens is 212 g/mol. The molecule has 0 N–H and O–H groups in total. The Labute approximate surface area is 102 Å². The minimum absolute atomic E-state index is 0.240. The summed E-state index contributed by atoms with van der Waals surface area (Å²) < 4.78 is 0. The first-order valence-electron chi connectivity index (χ1n) is 5.64. The zero-order valence-corrected chi connectivity index (χ0v) is 11.2. The summed E-state index contributed by atoms with van der Waals surface area (Å²) in [7, 11) is 0. The van der Waals surface area contributed by atoms with Gasteiger partial charge in [-0.3, -0.25) is 0 Å². The van der Waals surface area contributed by atoms with Crippen LogP contribution in [0.25, 0.3) is 10.4 Å². The second kappa shape index (κ2) is 4.06. The van der Waals surface area contributed by atoms with Gasteiger partial charge in [0.15, 0.2) is 0 Å². The van der Waals surface area contributed by atoms with Crippen LogP contribution in [0.3, 0.4) is 0 Å². The summed E-state index contributed by atoms with van der Waals surface area (Å²) in [5.74, 6) is 0. The molecule has 0 saturated heterocycles. The number of aryl methyl sites for hydroxylation is 1. The summed E-state index contributed by atoms with van der Waals surface area (Å²) in [5, 5.41) is 0. The van der Waals surface area contributed by atoms with Crippen LogP contribution in [0.5, 0.6) is 0 Å². The van der Waals surface area contributed by atoms with Crippen LogP contribution in [0.1, 0.15) is 31.2 Å². The molecule has 1 heterocycles. The van der Waals surface area contributed by atoms with Crippen molar-refractivity contribution >= 4 is 11.3 Å². The third-order valence-electron chi connectivity index (χ3n) is 2.78. The van der Waals surface area contributed by atoms with E-state index in [0.29, 0.717) is 0 Å². The first-order chi connectivity index (χ1) is 7.47. The lowest BCUT2D eigenvalue weighted by Gasteiger charge is -2.18. The Morgan fingerprint density at radius 1 is 0.875 bits per heavy atom. The lowest BCUT2D eigenvalue weighted by molar-refractivity contribution is 0.590. The van der Waals surface area contributed by atoms with Gasteiger partial charge in [0.05, 0.1) is 0 Å². The van der Waals surface area contributed by atoms with Crippen molar-refractivity contribution in [2.45, 2.75) is 33.1 Å². The molecule has 0 aliphatic heterocycles. The summed E-state index contributed by atoms with van der Waals surface area (Å²) in [6.07, 6.45) is 0. The predicted molar refractivity (Wildman–Crippen MR) is 73.2 cm³/mol. The number of hydrogen-bond donors (Lipinski definition) is 0. The second-order valence-corrected chi connectivity index (χ2v) is 6.53. The Balaban J connectivity index is 2.33. The van der Waals surface area contributed by atoms with Crippen molar-refractivity contribution < 1.29 is 0 Å². The van der Waals surface area contributed by atoms with Gasteiger partial charge in [0.1, 0.15) is 0 Å². The van der Waals surface area contributed by atoms with Gasteiger partial charge >= 0.3 is 0 Å². The molecule has 0 atom stereocenters. The van der Waals surface area contributed by atoms with Crippen molar-refractivity contribution in [1.82, 2.24) is 0 Å². The third-order valence-corrected chi connectivity index (χ3v) is 3.83. The number of thiophene rings is 1. The van der Waals surface area contributed by atoms with E-state index in [1.807, 2.05) is 11.3 Å². The van der Waals surface area contributed by atoms with Gasteiger partial charge < -0.3 is 0 Å². The van der Waals surface area contributed by atoms with Crippen LogP contribution >= 0.6 is 11.3 Å². The second-order valence-electron chi connectivity index (χ2n) is 5.24. The van der Waals surface area contributed by atoms with Crippen molar-refractivity contribution in [1.29, 1.82) is 0 Å². The van der Waals surface area contributed by atoms with E-state index in [4.69, 9.17) is 0 Å². The third kappa shape index (κ3) is 2.35. The fourth-order valence-electron chi connectivity index (χ4n) is 1.72. The minimum atomic E-state index is 0.240. The molecule has 0 bridgehead atoms. The van der Waals surface area contributed by atoms with Gasteiger partial charge in [0.25, 0.3) is 0 Å². The Morgan fingerprint density at radius 3 is 1.94 bits per heavy atom. The van der Waals surface area contributed by atoms with Crippen LogP contribution in [0.15, 0.2) is 36.4 Å². The van der Waals surface area contributed by atoms with Gasteiger partial charge in [0.2, 0.25) is 0 Å². The molecule has 2 aromatic rings. The summed E-state index contributed by atoms with van der Waals surface area (Å²) in [4.78, 5) is 2.73. The molecule has 16 heavy (non-hydrogen) atoms. The molecule has 0 unspecified atom stereocenters. The summed E-state index contributed by atoms with van der Waals surface area (Å²) in [6, 6.07) is 13.3. The molecule has 1 heteroatoms. The van der Waals surface area contributed by atoms with E-state index in [-0.39, 0.29) is 5.41 Å². The maximum atomic E-state index is 2.25. The van der Waals surface area contributed by atoms with E-state index in [1.165, 1.54) is 20.9 Å². The maximum Gasteiger partial charge on any atom is 0.0345 e. The van der Waals surface area contributed by atoms with Crippen LogP contribution in [0, 0.1) is 6.92 Å². The molecule has 0 aliphatic rings. The van der Waals surface area contributed by atoms with Gasteiger partial charge in [-0.1, -0.05) is 45.0 Å². The highest BCUT2D eigenvalue weighted by Gasteiger charge is 2.13.